The van der Waals surface area contributed by atoms with E-state index in [0.29, 0.717) is 27.5 Å². The molecule has 3 rings (SSSR count). The van der Waals surface area contributed by atoms with Gasteiger partial charge in [0, 0.05) is 27.5 Å². The fourth-order valence-corrected chi connectivity index (χ4v) is 4.17. The van der Waals surface area contributed by atoms with Crippen LogP contribution in [0.3, 0.4) is 0 Å². The topological polar surface area (TPSA) is 51.2 Å². The number of carbonyl (C=O) groups is 1. The zero-order valence-electron chi connectivity index (χ0n) is 16.5. The van der Waals surface area contributed by atoms with Gasteiger partial charge in [0.15, 0.2) is 11.7 Å². The second kappa shape index (κ2) is 9.61. The minimum atomic E-state index is -0.244. The largest absolute Gasteiger partial charge is 0.483 e. The van der Waals surface area contributed by atoms with Crippen molar-refractivity contribution in [3.63, 3.8) is 0 Å². The molecule has 0 bridgehead atoms. The standard InChI is InChI=1S/C22H22Cl2N2O2S/c1-13(2)18-7-4-14(3)8-20(18)28-12-21(27)26-22-25-11-17(29-22)9-15-5-6-16(23)10-19(15)24/h4-8,10-11,13H,9,12H2,1-3H3,(H,25,26,27). The fraction of sp³-hybridized carbons (Fsp3) is 0.273. The third kappa shape index (κ3) is 5.95. The summed E-state index contributed by atoms with van der Waals surface area (Å²) in [4.78, 5) is 17.6. The molecule has 0 radical (unpaired) electrons. The number of hydrogen-bond donors (Lipinski definition) is 1. The summed E-state index contributed by atoms with van der Waals surface area (Å²) in [6.45, 7) is 6.13. The number of rotatable bonds is 7. The van der Waals surface area contributed by atoms with Crippen molar-refractivity contribution < 1.29 is 9.53 Å². The van der Waals surface area contributed by atoms with Crippen molar-refractivity contribution in [1.29, 1.82) is 0 Å². The summed E-state index contributed by atoms with van der Waals surface area (Å²) in [6, 6.07) is 11.5. The molecule has 1 heterocycles. The Bertz CT molecular complexity index is 1020. The maximum atomic E-state index is 12.3. The molecule has 0 saturated heterocycles. The van der Waals surface area contributed by atoms with Crippen molar-refractivity contribution >= 4 is 45.6 Å². The van der Waals surface area contributed by atoms with Crippen LogP contribution in [-0.4, -0.2) is 17.5 Å². The predicted octanol–water partition coefficient (Wildman–Crippen LogP) is 6.49. The number of halogens is 2. The second-order valence-corrected chi connectivity index (χ2v) is 9.04. The molecule has 0 aliphatic heterocycles. The van der Waals surface area contributed by atoms with E-state index in [2.05, 4.69) is 24.1 Å². The van der Waals surface area contributed by atoms with Crippen LogP contribution in [0.4, 0.5) is 5.13 Å². The number of ether oxygens (including phenoxy) is 1. The highest BCUT2D eigenvalue weighted by Gasteiger charge is 2.12. The SMILES string of the molecule is Cc1ccc(C(C)C)c(OCC(=O)Nc2ncc(Cc3ccc(Cl)cc3Cl)s2)c1. The van der Waals surface area contributed by atoms with Gasteiger partial charge in [-0.1, -0.05) is 55.2 Å². The highest BCUT2D eigenvalue weighted by atomic mass is 35.5. The van der Waals surface area contributed by atoms with Gasteiger partial charge in [-0.2, -0.15) is 0 Å². The van der Waals surface area contributed by atoms with E-state index in [-0.39, 0.29) is 12.5 Å². The van der Waals surface area contributed by atoms with Crippen LogP contribution in [0.2, 0.25) is 10.0 Å². The minimum Gasteiger partial charge on any atom is -0.483 e. The van der Waals surface area contributed by atoms with Gasteiger partial charge < -0.3 is 4.74 Å². The third-order valence-corrected chi connectivity index (χ3v) is 5.83. The van der Waals surface area contributed by atoms with Gasteiger partial charge in [-0.3, -0.25) is 10.1 Å². The Morgan fingerprint density at radius 1 is 1.21 bits per heavy atom. The van der Waals surface area contributed by atoms with Gasteiger partial charge in [0.2, 0.25) is 0 Å². The highest BCUT2D eigenvalue weighted by molar-refractivity contribution is 7.15. The number of hydrogen-bond acceptors (Lipinski definition) is 4. The molecule has 0 aliphatic carbocycles. The van der Waals surface area contributed by atoms with Gasteiger partial charge in [-0.15, -0.1) is 11.3 Å². The lowest BCUT2D eigenvalue weighted by atomic mass is 10.0. The van der Waals surface area contributed by atoms with Gasteiger partial charge in [0.1, 0.15) is 5.75 Å². The molecule has 1 amide bonds. The molecule has 2 aromatic carbocycles. The number of carbonyl (C=O) groups excluding carboxylic acids is 1. The molecule has 0 saturated carbocycles. The van der Waals surface area contributed by atoms with Crippen molar-refractivity contribution in [3.05, 3.63) is 74.2 Å². The monoisotopic (exact) mass is 448 g/mol. The Morgan fingerprint density at radius 2 is 2.00 bits per heavy atom. The van der Waals surface area contributed by atoms with Crippen molar-refractivity contribution in [2.75, 3.05) is 11.9 Å². The average Bonchev–Trinajstić information content (AvgIpc) is 3.09. The Labute approximate surface area is 184 Å². The molecule has 0 unspecified atom stereocenters. The van der Waals surface area contributed by atoms with Gasteiger partial charge in [-0.25, -0.2) is 4.98 Å². The van der Waals surface area contributed by atoms with E-state index in [1.165, 1.54) is 11.3 Å². The Kier molecular flexibility index (Phi) is 7.17. The maximum Gasteiger partial charge on any atom is 0.264 e. The van der Waals surface area contributed by atoms with Crippen LogP contribution in [-0.2, 0) is 11.2 Å². The molecule has 0 spiro atoms. The molecule has 1 N–H and O–H groups in total. The van der Waals surface area contributed by atoms with Gasteiger partial charge in [0.05, 0.1) is 0 Å². The number of benzene rings is 2. The normalized spacial score (nSPS) is 11.0. The Hall–Kier alpha value is -2.08. The molecular formula is C22H22Cl2N2O2S. The second-order valence-electron chi connectivity index (χ2n) is 7.08. The number of amides is 1. The van der Waals surface area contributed by atoms with Crippen LogP contribution in [0.25, 0.3) is 0 Å². The first-order valence-electron chi connectivity index (χ1n) is 9.23. The lowest BCUT2D eigenvalue weighted by molar-refractivity contribution is -0.118. The first-order chi connectivity index (χ1) is 13.8. The Balaban J connectivity index is 1.59. The molecule has 152 valence electrons. The highest BCUT2D eigenvalue weighted by Crippen LogP contribution is 2.28. The van der Waals surface area contributed by atoms with Crippen LogP contribution in [0.1, 0.15) is 41.3 Å². The molecule has 7 heteroatoms. The van der Waals surface area contributed by atoms with E-state index >= 15 is 0 Å². The molecule has 3 aromatic rings. The number of anilines is 1. The first kappa shape index (κ1) is 21.6. The summed E-state index contributed by atoms with van der Waals surface area (Å²) in [5, 5.41) is 4.55. The summed E-state index contributed by atoms with van der Waals surface area (Å²) < 4.78 is 5.78. The lowest BCUT2D eigenvalue weighted by Gasteiger charge is -2.14. The van der Waals surface area contributed by atoms with Crippen LogP contribution < -0.4 is 10.1 Å². The quantitative estimate of drug-likeness (QED) is 0.449. The van der Waals surface area contributed by atoms with Crippen molar-refractivity contribution in [2.24, 2.45) is 0 Å². The number of aryl methyl sites for hydroxylation is 1. The molecule has 29 heavy (non-hydrogen) atoms. The first-order valence-corrected chi connectivity index (χ1v) is 10.8. The van der Waals surface area contributed by atoms with Crippen LogP contribution >= 0.6 is 34.5 Å². The number of thiazole rings is 1. The third-order valence-electron chi connectivity index (χ3n) is 4.33. The predicted molar refractivity (Wildman–Crippen MR) is 121 cm³/mol. The summed E-state index contributed by atoms with van der Waals surface area (Å²) in [6.07, 6.45) is 2.37. The van der Waals surface area contributed by atoms with E-state index in [1.54, 1.807) is 18.3 Å². The zero-order valence-corrected chi connectivity index (χ0v) is 18.8. The lowest BCUT2D eigenvalue weighted by Crippen LogP contribution is -2.20. The van der Waals surface area contributed by atoms with E-state index in [4.69, 9.17) is 27.9 Å². The van der Waals surface area contributed by atoms with Crippen molar-refractivity contribution in [2.45, 2.75) is 33.1 Å². The van der Waals surface area contributed by atoms with Gasteiger partial charge in [-0.05, 0) is 47.7 Å². The average molecular weight is 449 g/mol. The summed E-state index contributed by atoms with van der Waals surface area (Å²) in [5.74, 6) is 0.814. The molecule has 0 atom stereocenters. The number of aromatic nitrogens is 1. The Morgan fingerprint density at radius 3 is 2.72 bits per heavy atom. The smallest absolute Gasteiger partial charge is 0.264 e. The maximum absolute atomic E-state index is 12.3. The minimum absolute atomic E-state index is 0.0684. The molecule has 0 fully saturated rings. The van der Waals surface area contributed by atoms with Gasteiger partial charge in [0.25, 0.3) is 5.91 Å². The van der Waals surface area contributed by atoms with E-state index in [9.17, 15) is 4.79 Å². The molecular weight excluding hydrogens is 427 g/mol. The fourth-order valence-electron chi connectivity index (χ4n) is 2.84. The van der Waals surface area contributed by atoms with E-state index in [0.717, 1.165) is 27.3 Å². The van der Waals surface area contributed by atoms with Crippen molar-refractivity contribution in [3.8, 4) is 5.75 Å². The molecule has 1 aromatic heterocycles. The summed E-state index contributed by atoms with van der Waals surface area (Å²) >= 11 is 13.6. The van der Waals surface area contributed by atoms with E-state index in [1.807, 2.05) is 31.2 Å². The molecule has 4 nitrogen and oxygen atoms in total. The van der Waals surface area contributed by atoms with Crippen LogP contribution in [0.5, 0.6) is 5.75 Å². The van der Waals surface area contributed by atoms with E-state index < -0.39 is 0 Å². The van der Waals surface area contributed by atoms with Crippen LogP contribution in [0, 0.1) is 6.92 Å². The summed E-state index contributed by atoms with van der Waals surface area (Å²) in [7, 11) is 0. The zero-order chi connectivity index (χ0) is 21.0. The molecule has 0 aliphatic rings. The van der Waals surface area contributed by atoms with Gasteiger partial charge >= 0.3 is 0 Å². The summed E-state index contributed by atoms with van der Waals surface area (Å²) in [5.41, 5.74) is 3.14. The number of nitrogens with one attached hydrogen (secondary N) is 1. The van der Waals surface area contributed by atoms with Crippen molar-refractivity contribution in [1.82, 2.24) is 4.98 Å². The number of nitrogens with zero attached hydrogens (tertiary/aromatic N) is 1. The van der Waals surface area contributed by atoms with Crippen LogP contribution in [0.15, 0.2) is 42.6 Å².